The molecule has 2 unspecified atom stereocenters. The Kier molecular flexibility index (Phi) is 3.37. The van der Waals surface area contributed by atoms with Crippen LogP contribution in [0.15, 0.2) is 0 Å². The zero-order valence-electron chi connectivity index (χ0n) is 9.44. The van der Waals surface area contributed by atoms with E-state index in [2.05, 4.69) is 10.6 Å². The molecule has 2 saturated heterocycles. The predicted octanol–water partition coefficient (Wildman–Crippen LogP) is -1.33. The van der Waals surface area contributed by atoms with Crippen LogP contribution in [0.3, 0.4) is 0 Å². The number of carbonyl (C=O) groups is 2. The summed E-state index contributed by atoms with van der Waals surface area (Å²) in [5.41, 5.74) is 0. The zero-order chi connectivity index (χ0) is 12.5. The fraction of sp³-hybridized carbons (Fsp3) is 0.800. The van der Waals surface area contributed by atoms with Crippen molar-refractivity contribution < 1.29 is 18.0 Å². The zero-order valence-corrected chi connectivity index (χ0v) is 10.3. The Morgan fingerprint density at radius 3 is 2.76 bits per heavy atom. The maximum absolute atomic E-state index is 11.7. The minimum atomic E-state index is -2.89. The van der Waals surface area contributed by atoms with Gasteiger partial charge in [0, 0.05) is 19.5 Å². The average molecular weight is 260 g/mol. The van der Waals surface area contributed by atoms with Crippen LogP contribution in [-0.4, -0.2) is 44.8 Å². The molecule has 6 nitrogen and oxygen atoms in total. The molecule has 0 aromatic heterocycles. The fourth-order valence-corrected chi connectivity index (χ4v) is 4.07. The van der Waals surface area contributed by atoms with Crippen molar-refractivity contribution in [3.63, 3.8) is 0 Å². The Morgan fingerprint density at radius 2 is 2.24 bits per heavy atom. The molecule has 2 amide bonds. The van der Waals surface area contributed by atoms with E-state index in [1.165, 1.54) is 0 Å². The van der Waals surface area contributed by atoms with Crippen LogP contribution in [0.25, 0.3) is 0 Å². The van der Waals surface area contributed by atoms with Gasteiger partial charge in [-0.15, -0.1) is 0 Å². The van der Waals surface area contributed by atoms with Crippen LogP contribution < -0.4 is 10.6 Å². The molecule has 2 aliphatic rings. The molecule has 0 bridgehead atoms. The highest BCUT2D eigenvalue weighted by molar-refractivity contribution is 7.91. The monoisotopic (exact) mass is 260 g/mol. The van der Waals surface area contributed by atoms with Crippen LogP contribution in [-0.2, 0) is 19.4 Å². The van der Waals surface area contributed by atoms with Gasteiger partial charge in [0.2, 0.25) is 11.8 Å². The largest absolute Gasteiger partial charge is 0.355 e. The molecular weight excluding hydrogens is 244 g/mol. The summed E-state index contributed by atoms with van der Waals surface area (Å²) in [7, 11) is -2.89. The van der Waals surface area contributed by atoms with Gasteiger partial charge >= 0.3 is 0 Å². The molecule has 0 aromatic rings. The summed E-state index contributed by atoms with van der Waals surface area (Å²) in [5, 5.41) is 5.33. The van der Waals surface area contributed by atoms with E-state index < -0.39 is 9.84 Å². The van der Waals surface area contributed by atoms with Gasteiger partial charge in [-0.2, -0.15) is 0 Å². The summed E-state index contributed by atoms with van der Waals surface area (Å²) in [6.45, 7) is 0.774. The summed E-state index contributed by atoms with van der Waals surface area (Å²) in [6.07, 6.45) is 0.846. The van der Waals surface area contributed by atoms with Crippen LogP contribution in [0.5, 0.6) is 0 Å². The molecule has 2 rings (SSSR count). The first-order valence-corrected chi connectivity index (χ1v) is 7.53. The van der Waals surface area contributed by atoms with Crippen molar-refractivity contribution in [1.29, 1.82) is 0 Å². The number of nitrogens with one attached hydrogen (secondary N) is 2. The number of carbonyl (C=O) groups excluding carboxylic acids is 2. The van der Waals surface area contributed by atoms with Crippen LogP contribution in [0.2, 0.25) is 0 Å². The number of amides is 2. The molecule has 2 atom stereocenters. The predicted molar refractivity (Wildman–Crippen MR) is 60.9 cm³/mol. The van der Waals surface area contributed by atoms with Gasteiger partial charge in [-0.3, -0.25) is 9.59 Å². The first-order chi connectivity index (χ1) is 7.96. The Balaban J connectivity index is 1.75. The van der Waals surface area contributed by atoms with Gasteiger partial charge in [0.25, 0.3) is 0 Å². The lowest BCUT2D eigenvalue weighted by atomic mass is 10.1. The first kappa shape index (κ1) is 12.3. The second kappa shape index (κ2) is 4.64. The summed E-state index contributed by atoms with van der Waals surface area (Å²) in [6, 6.07) is 0. The molecule has 0 saturated carbocycles. The van der Waals surface area contributed by atoms with Gasteiger partial charge in [0.15, 0.2) is 9.84 Å². The van der Waals surface area contributed by atoms with E-state index in [1.807, 2.05) is 0 Å². The fourth-order valence-electron chi connectivity index (χ4n) is 2.21. The van der Waals surface area contributed by atoms with Crippen molar-refractivity contribution in [2.75, 3.05) is 24.6 Å². The minimum Gasteiger partial charge on any atom is -0.355 e. The smallest absolute Gasteiger partial charge is 0.225 e. The Hall–Kier alpha value is -1.11. The molecule has 17 heavy (non-hydrogen) atoms. The summed E-state index contributed by atoms with van der Waals surface area (Å²) < 4.78 is 22.4. The summed E-state index contributed by atoms with van der Waals surface area (Å²) in [4.78, 5) is 22.6. The van der Waals surface area contributed by atoms with Crippen LogP contribution in [0, 0.1) is 11.8 Å². The van der Waals surface area contributed by atoms with Gasteiger partial charge in [-0.1, -0.05) is 0 Å². The van der Waals surface area contributed by atoms with Crippen LogP contribution in [0.4, 0.5) is 0 Å². The Bertz CT molecular complexity index is 432. The SMILES string of the molecule is O=C1CC(C(=O)NCC2CCS(=O)(=O)C2)CN1. The number of sulfone groups is 1. The number of rotatable bonds is 3. The maximum Gasteiger partial charge on any atom is 0.225 e. The van der Waals surface area contributed by atoms with Gasteiger partial charge in [-0.25, -0.2) is 8.42 Å². The molecular formula is C10H16N2O4S. The highest BCUT2D eigenvalue weighted by Crippen LogP contribution is 2.17. The highest BCUT2D eigenvalue weighted by Gasteiger charge is 2.31. The van der Waals surface area contributed by atoms with E-state index in [0.29, 0.717) is 19.5 Å². The van der Waals surface area contributed by atoms with E-state index in [1.54, 1.807) is 0 Å². The van der Waals surface area contributed by atoms with Crippen molar-refractivity contribution in [2.45, 2.75) is 12.8 Å². The second-order valence-electron chi connectivity index (χ2n) is 4.72. The molecule has 0 spiro atoms. The standard InChI is InChI=1S/C10H16N2O4S/c13-9-3-8(5-11-9)10(14)12-4-7-1-2-17(15,16)6-7/h7-8H,1-6H2,(H,11,13)(H,12,14). The molecule has 2 aliphatic heterocycles. The third-order valence-electron chi connectivity index (χ3n) is 3.24. The lowest BCUT2D eigenvalue weighted by molar-refractivity contribution is -0.126. The molecule has 96 valence electrons. The second-order valence-corrected chi connectivity index (χ2v) is 6.95. The van der Waals surface area contributed by atoms with Gasteiger partial charge < -0.3 is 10.6 Å². The minimum absolute atomic E-state index is 0.0222. The van der Waals surface area contributed by atoms with Crippen molar-refractivity contribution in [1.82, 2.24) is 10.6 Å². The Labute approximate surface area is 100 Å². The van der Waals surface area contributed by atoms with Gasteiger partial charge in [0.1, 0.15) is 0 Å². The van der Waals surface area contributed by atoms with E-state index in [9.17, 15) is 18.0 Å². The average Bonchev–Trinajstić information content (AvgIpc) is 2.81. The molecule has 7 heteroatoms. The first-order valence-electron chi connectivity index (χ1n) is 5.71. The number of hydrogen-bond donors (Lipinski definition) is 2. The molecule has 2 N–H and O–H groups in total. The molecule has 2 heterocycles. The van der Waals surface area contributed by atoms with Crippen molar-refractivity contribution >= 4 is 21.7 Å². The quantitative estimate of drug-likeness (QED) is 0.658. The summed E-state index contributed by atoms with van der Waals surface area (Å²) >= 11 is 0. The van der Waals surface area contributed by atoms with E-state index >= 15 is 0 Å². The lowest BCUT2D eigenvalue weighted by Gasteiger charge is -2.12. The Morgan fingerprint density at radius 1 is 1.47 bits per heavy atom. The lowest BCUT2D eigenvalue weighted by Crippen LogP contribution is -2.35. The third-order valence-corrected chi connectivity index (χ3v) is 5.08. The van der Waals surface area contributed by atoms with E-state index in [-0.39, 0.29) is 41.6 Å². The molecule has 0 aliphatic carbocycles. The maximum atomic E-state index is 11.7. The summed E-state index contributed by atoms with van der Waals surface area (Å²) in [5.74, 6) is -0.165. The molecule has 0 radical (unpaired) electrons. The van der Waals surface area contributed by atoms with Crippen LogP contribution in [0.1, 0.15) is 12.8 Å². The van der Waals surface area contributed by atoms with Crippen molar-refractivity contribution in [2.24, 2.45) is 11.8 Å². The van der Waals surface area contributed by atoms with Crippen molar-refractivity contribution in [3.05, 3.63) is 0 Å². The van der Waals surface area contributed by atoms with Crippen molar-refractivity contribution in [3.8, 4) is 0 Å². The topological polar surface area (TPSA) is 92.3 Å². The highest BCUT2D eigenvalue weighted by atomic mass is 32.2. The van der Waals surface area contributed by atoms with E-state index in [0.717, 1.165) is 0 Å². The molecule has 0 aromatic carbocycles. The van der Waals surface area contributed by atoms with Gasteiger partial charge in [0.05, 0.1) is 17.4 Å². The van der Waals surface area contributed by atoms with Crippen LogP contribution >= 0.6 is 0 Å². The molecule has 2 fully saturated rings. The van der Waals surface area contributed by atoms with E-state index in [4.69, 9.17) is 0 Å². The van der Waals surface area contributed by atoms with Gasteiger partial charge in [-0.05, 0) is 12.3 Å². The normalized spacial score (nSPS) is 31.2. The third kappa shape index (κ3) is 3.18. The number of hydrogen-bond acceptors (Lipinski definition) is 4.